The highest BCUT2D eigenvalue weighted by molar-refractivity contribution is 9.10. The van der Waals surface area contributed by atoms with Crippen LogP contribution in [-0.2, 0) is 10.8 Å². The molecule has 1 atom stereocenters. The van der Waals surface area contributed by atoms with Crippen molar-refractivity contribution in [3.05, 3.63) is 39.1 Å². The molecule has 94 valence electrons. The number of halogens is 1. The highest BCUT2D eigenvalue weighted by atomic mass is 79.9. The zero-order valence-electron chi connectivity index (χ0n) is 9.11. The first-order chi connectivity index (χ1) is 8.50. The first-order valence-electron chi connectivity index (χ1n) is 4.68. The van der Waals surface area contributed by atoms with E-state index in [1.165, 1.54) is 23.2 Å². The second kappa shape index (κ2) is 4.94. The number of nitro benzene ring substituents is 1. The van der Waals surface area contributed by atoms with Gasteiger partial charge in [-0.1, -0.05) is 15.9 Å². The van der Waals surface area contributed by atoms with Gasteiger partial charge in [0.1, 0.15) is 12.0 Å². The molecule has 9 heteroatoms. The van der Waals surface area contributed by atoms with Gasteiger partial charge >= 0.3 is 0 Å². The average Bonchev–Trinajstić information content (AvgIpc) is 2.77. The molecule has 1 aromatic heterocycles. The van der Waals surface area contributed by atoms with E-state index in [1.807, 2.05) is 0 Å². The summed E-state index contributed by atoms with van der Waals surface area (Å²) in [5, 5.41) is 18.5. The highest BCUT2D eigenvalue weighted by Crippen LogP contribution is 2.27. The van der Waals surface area contributed by atoms with Crippen LogP contribution in [0, 0.1) is 10.1 Å². The van der Waals surface area contributed by atoms with Crippen LogP contribution in [0.1, 0.15) is 0 Å². The number of hydrogen-bond donors (Lipinski definition) is 0. The predicted octanol–water partition coefficient (Wildman–Crippen LogP) is 1.68. The van der Waals surface area contributed by atoms with Crippen molar-refractivity contribution in [1.29, 1.82) is 0 Å². The molecule has 0 bridgehead atoms. The molecule has 1 aromatic carbocycles. The monoisotopic (exact) mass is 330 g/mol. The molecule has 0 saturated carbocycles. The maximum Gasteiger partial charge on any atom is 0.294 e. The summed E-state index contributed by atoms with van der Waals surface area (Å²) in [5.74, 6) is 0. The van der Waals surface area contributed by atoms with Gasteiger partial charge in [0, 0.05) is 16.8 Å². The fourth-order valence-corrected chi connectivity index (χ4v) is 2.37. The van der Waals surface area contributed by atoms with E-state index in [0.29, 0.717) is 4.47 Å². The van der Waals surface area contributed by atoms with Gasteiger partial charge in [0.15, 0.2) is 0 Å². The smallest absolute Gasteiger partial charge is 0.268 e. The molecule has 0 spiro atoms. The highest BCUT2D eigenvalue weighted by Gasteiger charge is 2.19. The third-order valence-electron chi connectivity index (χ3n) is 2.17. The van der Waals surface area contributed by atoms with Crippen molar-refractivity contribution in [2.45, 2.75) is 5.16 Å². The van der Waals surface area contributed by atoms with E-state index in [1.54, 1.807) is 12.1 Å². The summed E-state index contributed by atoms with van der Waals surface area (Å²) in [5.41, 5.74) is 0.161. The van der Waals surface area contributed by atoms with E-state index in [4.69, 9.17) is 0 Å². The number of benzene rings is 1. The third kappa shape index (κ3) is 2.31. The minimum absolute atomic E-state index is 0.115. The number of rotatable bonds is 3. The van der Waals surface area contributed by atoms with Crippen LogP contribution < -0.4 is 0 Å². The van der Waals surface area contributed by atoms with Gasteiger partial charge in [0.25, 0.3) is 5.69 Å². The number of hydrogen-bond acceptors (Lipinski definition) is 5. The Morgan fingerprint density at radius 2 is 2.22 bits per heavy atom. The normalized spacial score (nSPS) is 12.3. The maximum absolute atomic E-state index is 11.5. The van der Waals surface area contributed by atoms with Gasteiger partial charge in [-0.2, -0.15) is 0 Å². The van der Waals surface area contributed by atoms with E-state index < -0.39 is 15.7 Å². The molecule has 2 rings (SSSR count). The fraction of sp³-hybridized carbons (Fsp3) is 0.111. The lowest BCUT2D eigenvalue weighted by molar-refractivity contribution is -0.384. The molecule has 7 nitrogen and oxygen atoms in total. The Hall–Kier alpha value is -1.61. The molecule has 1 heterocycles. The molecule has 1 unspecified atom stereocenters. The van der Waals surface area contributed by atoms with Crippen LogP contribution >= 0.6 is 15.9 Å². The number of aromatic nitrogens is 3. The molecule has 2 aromatic rings. The predicted molar refractivity (Wildman–Crippen MR) is 68.0 cm³/mol. The lowest BCUT2D eigenvalue weighted by Gasteiger charge is -2.05. The zero-order valence-corrected chi connectivity index (χ0v) is 11.5. The summed E-state index contributed by atoms with van der Waals surface area (Å²) in [4.78, 5) is 10.5. The topological polar surface area (TPSA) is 90.9 Å². The SMILES string of the molecule is CS(=O)c1nncn1-c1ccc(Br)cc1[N+](=O)[O-]. The van der Waals surface area contributed by atoms with E-state index in [2.05, 4.69) is 26.1 Å². The first kappa shape index (κ1) is 12.8. The Morgan fingerprint density at radius 1 is 1.50 bits per heavy atom. The van der Waals surface area contributed by atoms with Crippen molar-refractivity contribution in [3.8, 4) is 5.69 Å². The summed E-state index contributed by atoms with van der Waals surface area (Å²) < 4.78 is 13.4. The standard InChI is InChI=1S/C9H7BrN4O3S/c1-18(17)9-12-11-5-13(9)7-3-2-6(10)4-8(7)14(15)16/h2-5H,1H3. The van der Waals surface area contributed by atoms with Crippen LogP contribution in [0.25, 0.3) is 5.69 Å². The molecule has 0 fully saturated rings. The summed E-state index contributed by atoms with van der Waals surface area (Å²) in [6, 6.07) is 4.57. The molecule has 0 radical (unpaired) electrons. The fourth-order valence-electron chi connectivity index (χ4n) is 1.43. The summed E-state index contributed by atoms with van der Waals surface area (Å²) in [6.07, 6.45) is 2.73. The van der Waals surface area contributed by atoms with Crippen molar-refractivity contribution in [3.63, 3.8) is 0 Å². The van der Waals surface area contributed by atoms with Crippen LogP contribution in [0.3, 0.4) is 0 Å². The Kier molecular flexibility index (Phi) is 3.53. The molecular formula is C9H7BrN4O3S. The third-order valence-corrected chi connectivity index (χ3v) is 3.45. The average molecular weight is 331 g/mol. The Labute approximate surface area is 113 Å². The van der Waals surface area contributed by atoms with Gasteiger partial charge in [-0.15, -0.1) is 10.2 Å². The lowest BCUT2D eigenvalue weighted by atomic mass is 10.2. The van der Waals surface area contributed by atoms with Crippen molar-refractivity contribution in [2.24, 2.45) is 0 Å². The molecule has 18 heavy (non-hydrogen) atoms. The van der Waals surface area contributed by atoms with E-state index in [0.717, 1.165) is 0 Å². The van der Waals surface area contributed by atoms with Crippen LogP contribution in [0.2, 0.25) is 0 Å². The Morgan fingerprint density at radius 3 is 2.83 bits per heavy atom. The van der Waals surface area contributed by atoms with Crippen LogP contribution in [0.5, 0.6) is 0 Å². The summed E-state index contributed by atoms with van der Waals surface area (Å²) in [6.45, 7) is 0. The number of nitro groups is 1. The minimum Gasteiger partial charge on any atom is -0.268 e. The van der Waals surface area contributed by atoms with Crippen LogP contribution in [0.15, 0.2) is 34.2 Å². The van der Waals surface area contributed by atoms with Crippen molar-refractivity contribution < 1.29 is 9.13 Å². The largest absolute Gasteiger partial charge is 0.294 e. The zero-order chi connectivity index (χ0) is 13.3. The first-order valence-corrected chi connectivity index (χ1v) is 7.03. The van der Waals surface area contributed by atoms with Crippen molar-refractivity contribution in [2.75, 3.05) is 6.26 Å². The van der Waals surface area contributed by atoms with E-state index in [-0.39, 0.29) is 16.5 Å². The van der Waals surface area contributed by atoms with Gasteiger partial charge in [0.2, 0.25) is 5.16 Å². The Balaban J connectivity index is 2.67. The van der Waals surface area contributed by atoms with E-state index in [9.17, 15) is 14.3 Å². The van der Waals surface area contributed by atoms with Crippen LogP contribution in [-0.4, -0.2) is 30.2 Å². The molecule has 0 aliphatic carbocycles. The van der Waals surface area contributed by atoms with Gasteiger partial charge in [0.05, 0.1) is 15.7 Å². The number of nitrogens with zero attached hydrogens (tertiary/aromatic N) is 4. The molecule has 0 N–H and O–H groups in total. The van der Waals surface area contributed by atoms with Gasteiger partial charge in [-0.25, -0.2) is 0 Å². The minimum atomic E-state index is -1.38. The summed E-state index contributed by atoms with van der Waals surface area (Å²) in [7, 11) is -1.38. The summed E-state index contributed by atoms with van der Waals surface area (Å²) >= 11 is 3.17. The van der Waals surface area contributed by atoms with Crippen molar-refractivity contribution in [1.82, 2.24) is 14.8 Å². The molecule has 0 amide bonds. The van der Waals surface area contributed by atoms with E-state index >= 15 is 0 Å². The Bertz CT molecular complexity index is 642. The second-order valence-electron chi connectivity index (χ2n) is 3.33. The lowest BCUT2D eigenvalue weighted by Crippen LogP contribution is -2.04. The second-order valence-corrected chi connectivity index (χ2v) is 5.52. The molecular weight excluding hydrogens is 324 g/mol. The van der Waals surface area contributed by atoms with Gasteiger partial charge < -0.3 is 0 Å². The molecule has 0 aliphatic rings. The van der Waals surface area contributed by atoms with Gasteiger partial charge in [-0.05, 0) is 12.1 Å². The molecule has 0 aliphatic heterocycles. The van der Waals surface area contributed by atoms with Crippen molar-refractivity contribution >= 4 is 32.4 Å². The maximum atomic E-state index is 11.5. The quantitative estimate of drug-likeness (QED) is 0.630. The van der Waals surface area contributed by atoms with Crippen LogP contribution in [0.4, 0.5) is 5.69 Å². The van der Waals surface area contributed by atoms with Gasteiger partial charge in [-0.3, -0.25) is 18.9 Å². The molecule has 0 saturated heterocycles.